The SMILES string of the molecule is Cc1[nH]n(-c2ccccc2)c(=O)c1C(C[N+](=O)[O-])c1cccc(Br)c1. The molecular formula is C18H16BrN3O3. The highest BCUT2D eigenvalue weighted by atomic mass is 79.9. The topological polar surface area (TPSA) is 80.9 Å². The minimum absolute atomic E-state index is 0.268. The van der Waals surface area contributed by atoms with Crippen LogP contribution in [0.4, 0.5) is 0 Å². The Morgan fingerprint density at radius 1 is 1.20 bits per heavy atom. The van der Waals surface area contributed by atoms with Crippen molar-refractivity contribution in [3.8, 4) is 5.69 Å². The van der Waals surface area contributed by atoms with Crippen molar-refractivity contribution in [3.63, 3.8) is 0 Å². The van der Waals surface area contributed by atoms with Crippen LogP contribution in [0.1, 0.15) is 22.7 Å². The Bertz CT molecular complexity index is 963. The molecule has 1 atom stereocenters. The Morgan fingerprint density at radius 3 is 2.56 bits per heavy atom. The zero-order chi connectivity index (χ0) is 18.0. The molecule has 0 spiro atoms. The van der Waals surface area contributed by atoms with Crippen molar-refractivity contribution >= 4 is 15.9 Å². The number of hydrogen-bond acceptors (Lipinski definition) is 3. The first-order valence-electron chi connectivity index (χ1n) is 7.71. The van der Waals surface area contributed by atoms with Crippen LogP contribution in [0, 0.1) is 17.0 Å². The van der Waals surface area contributed by atoms with Crippen LogP contribution in [0.15, 0.2) is 63.9 Å². The number of halogens is 1. The Morgan fingerprint density at radius 2 is 1.92 bits per heavy atom. The number of rotatable bonds is 5. The first-order chi connectivity index (χ1) is 12.0. The van der Waals surface area contributed by atoms with E-state index in [0.717, 1.165) is 10.0 Å². The van der Waals surface area contributed by atoms with E-state index >= 15 is 0 Å². The van der Waals surface area contributed by atoms with Crippen LogP contribution in [-0.4, -0.2) is 21.2 Å². The van der Waals surface area contributed by atoms with Crippen molar-refractivity contribution in [1.82, 2.24) is 9.78 Å². The van der Waals surface area contributed by atoms with E-state index in [1.165, 1.54) is 4.68 Å². The van der Waals surface area contributed by atoms with Gasteiger partial charge in [-0.1, -0.05) is 46.3 Å². The summed E-state index contributed by atoms with van der Waals surface area (Å²) in [6.07, 6.45) is 0. The third kappa shape index (κ3) is 3.56. The number of nitrogens with one attached hydrogen (secondary N) is 1. The molecule has 2 aromatic carbocycles. The Balaban J connectivity index is 2.15. The highest BCUT2D eigenvalue weighted by molar-refractivity contribution is 9.10. The van der Waals surface area contributed by atoms with E-state index in [-0.39, 0.29) is 17.0 Å². The van der Waals surface area contributed by atoms with Crippen LogP contribution < -0.4 is 5.56 Å². The molecule has 0 saturated carbocycles. The number of hydrogen-bond donors (Lipinski definition) is 1. The van der Waals surface area contributed by atoms with Gasteiger partial charge in [0.25, 0.3) is 5.56 Å². The van der Waals surface area contributed by atoms with Gasteiger partial charge in [0, 0.05) is 15.1 Å². The number of para-hydroxylation sites is 1. The molecule has 1 heterocycles. The molecule has 7 heteroatoms. The Labute approximate surface area is 152 Å². The lowest BCUT2D eigenvalue weighted by atomic mass is 9.91. The second kappa shape index (κ2) is 7.06. The van der Waals surface area contributed by atoms with Gasteiger partial charge in [-0.05, 0) is 36.8 Å². The van der Waals surface area contributed by atoms with E-state index in [9.17, 15) is 14.9 Å². The maximum absolute atomic E-state index is 13.0. The van der Waals surface area contributed by atoms with Crippen LogP contribution in [0.25, 0.3) is 5.69 Å². The number of benzene rings is 2. The highest BCUT2D eigenvalue weighted by Gasteiger charge is 2.27. The maximum Gasteiger partial charge on any atom is 0.275 e. The first kappa shape index (κ1) is 17.2. The number of H-pyrrole nitrogens is 1. The molecule has 0 aliphatic carbocycles. The lowest BCUT2D eigenvalue weighted by Crippen LogP contribution is -2.23. The lowest BCUT2D eigenvalue weighted by molar-refractivity contribution is -0.481. The summed E-state index contributed by atoms with van der Waals surface area (Å²) < 4.78 is 2.24. The van der Waals surface area contributed by atoms with Gasteiger partial charge >= 0.3 is 0 Å². The van der Waals surface area contributed by atoms with Gasteiger partial charge in [-0.2, -0.15) is 0 Å². The summed E-state index contributed by atoms with van der Waals surface area (Å²) in [5, 5.41) is 14.3. The highest BCUT2D eigenvalue weighted by Crippen LogP contribution is 2.27. The molecule has 3 rings (SSSR count). The molecule has 0 amide bonds. The monoisotopic (exact) mass is 401 g/mol. The van der Waals surface area contributed by atoms with Gasteiger partial charge in [-0.3, -0.25) is 20.0 Å². The first-order valence-corrected chi connectivity index (χ1v) is 8.51. The van der Waals surface area contributed by atoms with Crippen molar-refractivity contribution in [2.75, 3.05) is 6.54 Å². The van der Waals surface area contributed by atoms with Gasteiger partial charge in [0.1, 0.15) is 0 Å². The molecular weight excluding hydrogens is 386 g/mol. The molecule has 1 N–H and O–H groups in total. The molecule has 0 bridgehead atoms. The summed E-state index contributed by atoms with van der Waals surface area (Å²) in [6, 6.07) is 16.4. The fourth-order valence-electron chi connectivity index (χ4n) is 2.96. The predicted molar refractivity (Wildman–Crippen MR) is 99.0 cm³/mol. The number of aryl methyl sites for hydroxylation is 1. The van der Waals surface area contributed by atoms with Gasteiger partial charge in [0.15, 0.2) is 0 Å². The van der Waals surface area contributed by atoms with Crippen LogP contribution in [-0.2, 0) is 0 Å². The number of aromatic nitrogens is 2. The van der Waals surface area contributed by atoms with Crippen LogP contribution in [0.3, 0.4) is 0 Å². The van der Waals surface area contributed by atoms with E-state index in [1.54, 1.807) is 13.0 Å². The van der Waals surface area contributed by atoms with Crippen LogP contribution in [0.5, 0.6) is 0 Å². The van der Waals surface area contributed by atoms with Crippen molar-refractivity contribution < 1.29 is 4.92 Å². The molecule has 128 valence electrons. The molecule has 0 aliphatic rings. The van der Waals surface area contributed by atoms with Crippen molar-refractivity contribution in [3.05, 3.63) is 96.4 Å². The number of nitrogens with zero attached hydrogens (tertiary/aromatic N) is 2. The summed E-state index contributed by atoms with van der Waals surface area (Å²) in [7, 11) is 0. The van der Waals surface area contributed by atoms with Gasteiger partial charge in [-0.15, -0.1) is 0 Å². The summed E-state index contributed by atoms with van der Waals surface area (Å²) in [5.41, 5.74) is 2.19. The van der Waals surface area contributed by atoms with Gasteiger partial charge in [0.05, 0.1) is 17.2 Å². The van der Waals surface area contributed by atoms with E-state index < -0.39 is 5.92 Å². The third-order valence-electron chi connectivity index (χ3n) is 4.06. The normalized spacial score (nSPS) is 12.1. The van der Waals surface area contributed by atoms with Crippen molar-refractivity contribution in [2.45, 2.75) is 12.8 Å². The number of nitro groups is 1. The third-order valence-corrected chi connectivity index (χ3v) is 4.56. The van der Waals surface area contributed by atoms with Crippen molar-refractivity contribution in [2.24, 2.45) is 0 Å². The molecule has 0 fully saturated rings. The van der Waals surface area contributed by atoms with E-state index in [2.05, 4.69) is 21.0 Å². The smallest absolute Gasteiger partial charge is 0.275 e. The molecule has 1 aromatic heterocycles. The quantitative estimate of drug-likeness (QED) is 0.523. The maximum atomic E-state index is 13.0. The Kier molecular flexibility index (Phi) is 4.85. The fraction of sp³-hybridized carbons (Fsp3) is 0.167. The largest absolute Gasteiger partial charge is 0.295 e. The average Bonchev–Trinajstić information content (AvgIpc) is 2.88. The van der Waals surface area contributed by atoms with Gasteiger partial charge < -0.3 is 0 Å². The molecule has 25 heavy (non-hydrogen) atoms. The summed E-state index contributed by atoms with van der Waals surface area (Å²) >= 11 is 3.39. The summed E-state index contributed by atoms with van der Waals surface area (Å²) in [5.74, 6) is -0.624. The second-order valence-electron chi connectivity index (χ2n) is 5.75. The van der Waals surface area contributed by atoms with Crippen LogP contribution >= 0.6 is 15.9 Å². The lowest BCUT2D eigenvalue weighted by Gasteiger charge is -2.12. The van der Waals surface area contributed by atoms with E-state index in [0.29, 0.717) is 16.9 Å². The average molecular weight is 402 g/mol. The second-order valence-corrected chi connectivity index (χ2v) is 6.67. The molecule has 3 aromatic rings. The summed E-state index contributed by atoms with van der Waals surface area (Å²) in [4.78, 5) is 23.8. The Hall–Kier alpha value is -2.67. The van der Waals surface area contributed by atoms with Gasteiger partial charge in [-0.25, -0.2) is 4.68 Å². The minimum atomic E-state index is -0.624. The van der Waals surface area contributed by atoms with Crippen LogP contribution in [0.2, 0.25) is 0 Å². The van der Waals surface area contributed by atoms with E-state index in [1.807, 2.05) is 48.5 Å². The van der Waals surface area contributed by atoms with Gasteiger partial charge in [0.2, 0.25) is 6.54 Å². The zero-order valence-corrected chi connectivity index (χ0v) is 15.1. The standard InChI is InChI=1S/C18H16BrN3O3/c1-12-17(18(23)22(20-12)15-8-3-2-4-9-15)16(11-21(24)25)13-6-5-7-14(19)10-13/h2-10,16,20H,11H2,1H3. The fourth-order valence-corrected chi connectivity index (χ4v) is 3.38. The molecule has 1 unspecified atom stereocenters. The van der Waals surface area contributed by atoms with Crippen molar-refractivity contribution in [1.29, 1.82) is 0 Å². The molecule has 6 nitrogen and oxygen atoms in total. The number of aromatic amines is 1. The predicted octanol–water partition coefficient (Wildman–Crippen LogP) is 3.65. The van der Waals surface area contributed by atoms with E-state index in [4.69, 9.17) is 0 Å². The minimum Gasteiger partial charge on any atom is -0.295 e. The zero-order valence-electron chi connectivity index (χ0n) is 13.5. The molecule has 0 saturated heterocycles. The summed E-state index contributed by atoms with van der Waals surface area (Å²) in [6.45, 7) is 1.42. The molecule has 0 radical (unpaired) electrons. The molecule has 0 aliphatic heterocycles.